The number of benzene rings is 1. The minimum atomic E-state index is -3.52. The summed E-state index contributed by atoms with van der Waals surface area (Å²) < 4.78 is 28.0. The van der Waals surface area contributed by atoms with Crippen LogP contribution in [-0.4, -0.2) is 54.7 Å². The molecule has 1 aliphatic rings. The van der Waals surface area contributed by atoms with E-state index in [1.807, 2.05) is 24.3 Å². The third kappa shape index (κ3) is 3.52. The first-order chi connectivity index (χ1) is 13.0. The lowest BCUT2D eigenvalue weighted by atomic mass is 10.1. The standard InChI is InChI=1S/C18H16BrN3O3S2/c19-15-6-7-16(26-15)27(24,25)22-11-9-21(10-12-22)18(23)14-5-1-3-13-4-2-8-20-17(13)14/h1-8H,9-12H2. The lowest BCUT2D eigenvalue weighted by molar-refractivity contribution is 0.0700. The van der Waals surface area contributed by atoms with Gasteiger partial charge in [0.05, 0.1) is 14.9 Å². The van der Waals surface area contributed by atoms with E-state index in [2.05, 4.69) is 20.9 Å². The topological polar surface area (TPSA) is 70.6 Å². The van der Waals surface area contributed by atoms with Crippen LogP contribution in [0.1, 0.15) is 10.4 Å². The third-order valence-corrected chi connectivity index (χ3v) is 8.52. The number of thiophene rings is 1. The number of halogens is 1. The predicted molar refractivity (Wildman–Crippen MR) is 108 cm³/mol. The molecule has 0 bridgehead atoms. The fraction of sp³-hybridized carbons (Fsp3) is 0.222. The highest BCUT2D eigenvalue weighted by atomic mass is 79.9. The van der Waals surface area contributed by atoms with Gasteiger partial charge in [-0.3, -0.25) is 9.78 Å². The molecule has 140 valence electrons. The number of fused-ring (bicyclic) bond motifs is 1. The van der Waals surface area contributed by atoms with Crippen LogP contribution in [0.25, 0.3) is 10.9 Å². The summed E-state index contributed by atoms with van der Waals surface area (Å²) in [5, 5.41) is 0.910. The molecular weight excluding hydrogens is 450 g/mol. The van der Waals surface area contributed by atoms with Crippen molar-refractivity contribution in [3.8, 4) is 0 Å². The van der Waals surface area contributed by atoms with Gasteiger partial charge < -0.3 is 4.90 Å². The molecule has 1 aliphatic heterocycles. The first kappa shape index (κ1) is 18.5. The number of carbonyl (C=O) groups excluding carboxylic acids is 1. The Bertz CT molecular complexity index is 1100. The number of nitrogens with zero attached hydrogens (tertiary/aromatic N) is 3. The molecule has 3 aromatic rings. The average molecular weight is 466 g/mol. The van der Waals surface area contributed by atoms with Crippen LogP contribution in [-0.2, 0) is 10.0 Å². The molecule has 0 radical (unpaired) electrons. The highest BCUT2D eigenvalue weighted by Gasteiger charge is 2.31. The second kappa shape index (κ2) is 7.31. The lowest BCUT2D eigenvalue weighted by Gasteiger charge is -2.33. The van der Waals surface area contributed by atoms with Gasteiger partial charge in [-0.25, -0.2) is 8.42 Å². The minimum absolute atomic E-state index is 0.116. The summed E-state index contributed by atoms with van der Waals surface area (Å²) in [6, 6.07) is 12.6. The quantitative estimate of drug-likeness (QED) is 0.595. The number of para-hydroxylation sites is 1. The summed E-state index contributed by atoms with van der Waals surface area (Å²) in [6.07, 6.45) is 1.67. The maximum absolute atomic E-state index is 13.0. The second-order valence-corrected chi connectivity index (χ2v) is 10.8. The van der Waals surface area contributed by atoms with Crippen molar-refractivity contribution in [2.75, 3.05) is 26.2 Å². The number of sulfonamides is 1. The number of aromatic nitrogens is 1. The Balaban J connectivity index is 1.51. The molecular formula is C18H16BrN3O3S2. The summed E-state index contributed by atoms with van der Waals surface area (Å²) >= 11 is 4.49. The van der Waals surface area contributed by atoms with Gasteiger partial charge in [0, 0.05) is 37.8 Å². The van der Waals surface area contributed by atoms with Crippen molar-refractivity contribution in [2.24, 2.45) is 0 Å². The van der Waals surface area contributed by atoms with Crippen LogP contribution < -0.4 is 0 Å². The van der Waals surface area contributed by atoms with E-state index < -0.39 is 10.0 Å². The Morgan fingerprint density at radius 1 is 1.04 bits per heavy atom. The maximum atomic E-state index is 13.0. The van der Waals surface area contributed by atoms with E-state index >= 15 is 0 Å². The first-order valence-corrected chi connectivity index (χ1v) is 11.4. The molecule has 1 saturated heterocycles. The molecule has 2 aromatic heterocycles. The Kier molecular flexibility index (Phi) is 5.02. The first-order valence-electron chi connectivity index (χ1n) is 8.35. The normalized spacial score (nSPS) is 16.0. The average Bonchev–Trinajstić information content (AvgIpc) is 3.14. The lowest BCUT2D eigenvalue weighted by Crippen LogP contribution is -2.50. The van der Waals surface area contributed by atoms with Crippen LogP contribution >= 0.6 is 27.3 Å². The van der Waals surface area contributed by atoms with Crippen LogP contribution in [0.2, 0.25) is 0 Å². The SMILES string of the molecule is O=C(c1cccc2cccnc12)N1CCN(S(=O)(=O)c2ccc(Br)s2)CC1. The van der Waals surface area contributed by atoms with Gasteiger partial charge in [-0.2, -0.15) is 4.31 Å². The summed E-state index contributed by atoms with van der Waals surface area (Å²) in [6.45, 7) is 1.27. The smallest absolute Gasteiger partial charge is 0.256 e. The summed E-state index contributed by atoms with van der Waals surface area (Å²) in [4.78, 5) is 19.0. The van der Waals surface area contributed by atoms with E-state index in [1.54, 1.807) is 29.3 Å². The Morgan fingerprint density at radius 3 is 2.48 bits per heavy atom. The molecule has 1 aromatic carbocycles. The zero-order valence-electron chi connectivity index (χ0n) is 14.2. The number of piperazine rings is 1. The molecule has 6 nitrogen and oxygen atoms in total. The molecule has 0 N–H and O–H groups in total. The van der Waals surface area contributed by atoms with E-state index in [4.69, 9.17) is 0 Å². The maximum Gasteiger partial charge on any atom is 0.256 e. The molecule has 1 fully saturated rings. The van der Waals surface area contributed by atoms with E-state index in [1.165, 1.54) is 15.6 Å². The van der Waals surface area contributed by atoms with Crippen molar-refractivity contribution in [1.29, 1.82) is 0 Å². The minimum Gasteiger partial charge on any atom is -0.336 e. The van der Waals surface area contributed by atoms with Gasteiger partial charge in [-0.05, 0) is 40.2 Å². The van der Waals surface area contributed by atoms with Gasteiger partial charge in [-0.1, -0.05) is 18.2 Å². The molecule has 0 aliphatic carbocycles. The number of carbonyl (C=O) groups is 1. The summed E-state index contributed by atoms with van der Waals surface area (Å²) in [7, 11) is -3.52. The molecule has 0 saturated carbocycles. The van der Waals surface area contributed by atoms with Crippen molar-refractivity contribution < 1.29 is 13.2 Å². The highest BCUT2D eigenvalue weighted by Crippen LogP contribution is 2.29. The largest absolute Gasteiger partial charge is 0.336 e. The van der Waals surface area contributed by atoms with E-state index in [9.17, 15) is 13.2 Å². The Labute approximate surface area is 169 Å². The molecule has 9 heteroatoms. The Hall–Kier alpha value is -1.81. The highest BCUT2D eigenvalue weighted by molar-refractivity contribution is 9.11. The zero-order valence-corrected chi connectivity index (χ0v) is 17.4. The van der Waals surface area contributed by atoms with Gasteiger partial charge in [0.1, 0.15) is 4.21 Å². The van der Waals surface area contributed by atoms with Crippen molar-refractivity contribution in [3.05, 3.63) is 58.0 Å². The molecule has 3 heterocycles. The van der Waals surface area contributed by atoms with Crippen LogP contribution in [0.3, 0.4) is 0 Å². The fourth-order valence-electron chi connectivity index (χ4n) is 3.14. The molecule has 0 atom stereocenters. The molecule has 0 spiro atoms. The van der Waals surface area contributed by atoms with Crippen LogP contribution in [0.4, 0.5) is 0 Å². The van der Waals surface area contributed by atoms with E-state index in [0.717, 1.165) is 9.17 Å². The van der Waals surface area contributed by atoms with E-state index in [-0.39, 0.29) is 19.0 Å². The molecule has 1 amide bonds. The zero-order chi connectivity index (χ0) is 19.0. The van der Waals surface area contributed by atoms with Gasteiger partial charge in [-0.15, -0.1) is 11.3 Å². The predicted octanol–water partition coefficient (Wildman–Crippen LogP) is 3.21. The number of amides is 1. The number of rotatable bonds is 3. The van der Waals surface area contributed by atoms with Gasteiger partial charge in [0.25, 0.3) is 15.9 Å². The molecule has 0 unspecified atom stereocenters. The van der Waals surface area contributed by atoms with Gasteiger partial charge >= 0.3 is 0 Å². The number of hydrogen-bond acceptors (Lipinski definition) is 5. The van der Waals surface area contributed by atoms with Crippen molar-refractivity contribution >= 4 is 54.1 Å². The van der Waals surface area contributed by atoms with Gasteiger partial charge in [0.2, 0.25) is 0 Å². The number of pyridine rings is 1. The van der Waals surface area contributed by atoms with Crippen molar-refractivity contribution in [1.82, 2.24) is 14.2 Å². The molecule has 27 heavy (non-hydrogen) atoms. The third-order valence-electron chi connectivity index (χ3n) is 4.53. The van der Waals surface area contributed by atoms with Crippen molar-refractivity contribution in [2.45, 2.75) is 4.21 Å². The summed E-state index contributed by atoms with van der Waals surface area (Å²) in [5.74, 6) is -0.116. The second-order valence-electron chi connectivity index (χ2n) is 6.14. The fourth-order valence-corrected chi connectivity index (χ4v) is 6.73. The van der Waals surface area contributed by atoms with Gasteiger partial charge in [0.15, 0.2) is 0 Å². The monoisotopic (exact) mass is 465 g/mol. The summed E-state index contributed by atoms with van der Waals surface area (Å²) in [5.41, 5.74) is 1.22. The van der Waals surface area contributed by atoms with Crippen LogP contribution in [0, 0.1) is 0 Å². The van der Waals surface area contributed by atoms with Crippen LogP contribution in [0.5, 0.6) is 0 Å². The Morgan fingerprint density at radius 2 is 1.78 bits per heavy atom. The van der Waals surface area contributed by atoms with E-state index in [0.29, 0.717) is 28.4 Å². The molecule has 4 rings (SSSR count). The van der Waals surface area contributed by atoms with Crippen LogP contribution in [0.15, 0.2) is 56.7 Å². The van der Waals surface area contributed by atoms with Crippen molar-refractivity contribution in [3.63, 3.8) is 0 Å². The number of hydrogen-bond donors (Lipinski definition) is 0.